The van der Waals surface area contributed by atoms with E-state index in [0.717, 1.165) is 0 Å². The van der Waals surface area contributed by atoms with Gasteiger partial charge in [0.05, 0.1) is 6.54 Å². The Morgan fingerprint density at radius 1 is 1.53 bits per heavy atom. The van der Waals surface area contributed by atoms with Gasteiger partial charge in [-0.1, -0.05) is 0 Å². The summed E-state index contributed by atoms with van der Waals surface area (Å²) in [5.41, 5.74) is 0. The number of carbonyl (C=O) groups is 1. The highest BCUT2D eigenvalue weighted by Gasteiger charge is 2.16. The van der Waals surface area contributed by atoms with Crippen LogP contribution >= 0.6 is 15.9 Å². The van der Waals surface area contributed by atoms with Crippen LogP contribution in [0.15, 0.2) is 16.7 Å². The molecule has 1 amide bonds. The first kappa shape index (κ1) is 13.9. The fraction of sp³-hybridized carbons (Fsp3) is 0.455. The first-order valence-electron chi connectivity index (χ1n) is 5.21. The SMILES string of the molecule is CCN(CC(=O)N(C)C)c1ncc(Br)cc1F. The lowest BCUT2D eigenvalue weighted by molar-refractivity contribution is -0.127. The highest BCUT2D eigenvalue weighted by molar-refractivity contribution is 9.10. The van der Waals surface area contributed by atoms with Crippen LogP contribution in [0.1, 0.15) is 6.92 Å². The van der Waals surface area contributed by atoms with Crippen molar-refractivity contribution in [1.29, 1.82) is 0 Å². The number of nitrogens with zero attached hydrogens (tertiary/aromatic N) is 3. The van der Waals surface area contributed by atoms with E-state index in [1.165, 1.54) is 17.2 Å². The zero-order valence-corrected chi connectivity index (χ0v) is 11.7. The lowest BCUT2D eigenvalue weighted by Crippen LogP contribution is -2.37. The van der Waals surface area contributed by atoms with Crippen LogP contribution in [-0.4, -0.2) is 43.0 Å². The van der Waals surface area contributed by atoms with E-state index in [1.807, 2.05) is 6.92 Å². The molecule has 0 atom stereocenters. The van der Waals surface area contributed by atoms with Crippen molar-refractivity contribution in [3.05, 3.63) is 22.6 Å². The average Bonchev–Trinajstić information content (AvgIpc) is 2.26. The van der Waals surface area contributed by atoms with Crippen molar-refractivity contribution in [1.82, 2.24) is 9.88 Å². The normalized spacial score (nSPS) is 10.2. The third-order valence-electron chi connectivity index (χ3n) is 2.29. The first-order chi connectivity index (χ1) is 7.95. The molecule has 0 N–H and O–H groups in total. The van der Waals surface area contributed by atoms with Crippen molar-refractivity contribution in [3.63, 3.8) is 0 Å². The minimum absolute atomic E-state index is 0.0871. The quantitative estimate of drug-likeness (QED) is 0.852. The van der Waals surface area contributed by atoms with Gasteiger partial charge in [-0.15, -0.1) is 0 Å². The van der Waals surface area contributed by atoms with Crippen molar-refractivity contribution in [2.45, 2.75) is 6.92 Å². The number of halogens is 2. The van der Waals surface area contributed by atoms with Gasteiger partial charge in [-0.05, 0) is 28.9 Å². The van der Waals surface area contributed by atoms with E-state index in [2.05, 4.69) is 20.9 Å². The van der Waals surface area contributed by atoms with Gasteiger partial charge >= 0.3 is 0 Å². The molecule has 0 aliphatic heterocycles. The molecule has 17 heavy (non-hydrogen) atoms. The zero-order chi connectivity index (χ0) is 13.0. The van der Waals surface area contributed by atoms with E-state index < -0.39 is 5.82 Å². The Kier molecular flexibility index (Phi) is 4.86. The molecule has 94 valence electrons. The van der Waals surface area contributed by atoms with E-state index in [4.69, 9.17) is 0 Å². The molecule has 6 heteroatoms. The Morgan fingerprint density at radius 3 is 2.65 bits per heavy atom. The van der Waals surface area contributed by atoms with Gasteiger partial charge in [0.15, 0.2) is 11.6 Å². The molecule has 1 heterocycles. The number of pyridine rings is 1. The van der Waals surface area contributed by atoms with Crippen LogP contribution in [0, 0.1) is 5.82 Å². The molecule has 1 rings (SSSR count). The molecule has 0 bridgehead atoms. The zero-order valence-electron chi connectivity index (χ0n) is 10.1. The molecular formula is C11H15BrFN3O. The second-order valence-corrected chi connectivity index (χ2v) is 4.68. The Bertz CT molecular complexity index is 412. The fourth-order valence-electron chi connectivity index (χ4n) is 1.28. The minimum Gasteiger partial charge on any atom is -0.347 e. The summed E-state index contributed by atoms with van der Waals surface area (Å²) in [5.74, 6) is -0.324. The Labute approximate surface area is 109 Å². The molecule has 0 spiro atoms. The van der Waals surface area contributed by atoms with Gasteiger partial charge in [-0.3, -0.25) is 4.79 Å². The van der Waals surface area contributed by atoms with Gasteiger partial charge in [0.25, 0.3) is 0 Å². The second-order valence-electron chi connectivity index (χ2n) is 3.76. The third kappa shape index (κ3) is 3.66. The van der Waals surface area contributed by atoms with E-state index in [-0.39, 0.29) is 18.3 Å². The number of rotatable bonds is 4. The Morgan fingerprint density at radius 2 is 2.18 bits per heavy atom. The summed E-state index contributed by atoms with van der Waals surface area (Å²) in [6.07, 6.45) is 1.52. The van der Waals surface area contributed by atoms with Crippen LogP contribution in [0.2, 0.25) is 0 Å². The number of likely N-dealkylation sites (N-methyl/N-ethyl adjacent to an activating group) is 2. The highest BCUT2D eigenvalue weighted by Crippen LogP contribution is 2.19. The smallest absolute Gasteiger partial charge is 0.241 e. The average molecular weight is 304 g/mol. The molecule has 0 aliphatic rings. The van der Waals surface area contributed by atoms with Crippen molar-refractivity contribution >= 4 is 27.7 Å². The number of anilines is 1. The maximum Gasteiger partial charge on any atom is 0.241 e. The standard InChI is InChI=1S/C11H15BrFN3O/c1-4-16(7-10(17)15(2)3)11-9(13)5-8(12)6-14-11/h5-6H,4,7H2,1-3H3. The Hall–Kier alpha value is -1.17. The topological polar surface area (TPSA) is 36.4 Å². The molecule has 0 saturated heterocycles. The molecule has 0 unspecified atom stereocenters. The van der Waals surface area contributed by atoms with Gasteiger partial charge in [0, 0.05) is 31.3 Å². The van der Waals surface area contributed by atoms with Crippen LogP contribution < -0.4 is 4.90 Å². The van der Waals surface area contributed by atoms with Crippen LogP contribution in [0.25, 0.3) is 0 Å². The number of aromatic nitrogens is 1. The monoisotopic (exact) mass is 303 g/mol. The van der Waals surface area contributed by atoms with Crippen LogP contribution in [-0.2, 0) is 4.79 Å². The summed E-state index contributed by atoms with van der Waals surface area (Å²) in [4.78, 5) is 18.7. The summed E-state index contributed by atoms with van der Waals surface area (Å²) >= 11 is 3.15. The molecular weight excluding hydrogens is 289 g/mol. The van der Waals surface area contributed by atoms with Gasteiger partial charge in [-0.25, -0.2) is 9.37 Å². The highest BCUT2D eigenvalue weighted by atomic mass is 79.9. The van der Waals surface area contributed by atoms with E-state index in [0.29, 0.717) is 11.0 Å². The second kappa shape index (κ2) is 5.95. The number of carbonyl (C=O) groups excluding carboxylic acids is 1. The van der Waals surface area contributed by atoms with Crippen molar-refractivity contribution in [2.24, 2.45) is 0 Å². The fourth-order valence-corrected chi connectivity index (χ4v) is 1.58. The van der Waals surface area contributed by atoms with Crippen LogP contribution in [0.4, 0.5) is 10.2 Å². The predicted octanol–water partition coefficient (Wildman–Crippen LogP) is 1.90. The summed E-state index contributed by atoms with van der Waals surface area (Å²) in [6.45, 7) is 2.49. The summed E-state index contributed by atoms with van der Waals surface area (Å²) in [5, 5.41) is 0. The maximum absolute atomic E-state index is 13.7. The van der Waals surface area contributed by atoms with Gasteiger partial charge < -0.3 is 9.80 Å². The number of hydrogen-bond donors (Lipinski definition) is 0. The third-order valence-corrected chi connectivity index (χ3v) is 2.73. The summed E-state index contributed by atoms with van der Waals surface area (Å²) in [6, 6.07) is 1.34. The van der Waals surface area contributed by atoms with E-state index >= 15 is 0 Å². The van der Waals surface area contributed by atoms with Gasteiger partial charge in [0.2, 0.25) is 5.91 Å². The number of hydrogen-bond acceptors (Lipinski definition) is 3. The molecule has 0 radical (unpaired) electrons. The van der Waals surface area contributed by atoms with E-state index in [9.17, 15) is 9.18 Å². The summed E-state index contributed by atoms with van der Waals surface area (Å²) < 4.78 is 14.3. The lowest BCUT2D eigenvalue weighted by Gasteiger charge is -2.23. The predicted molar refractivity (Wildman–Crippen MR) is 68.5 cm³/mol. The number of amides is 1. The molecule has 0 saturated carbocycles. The minimum atomic E-state index is -0.437. The molecule has 1 aromatic heterocycles. The molecule has 4 nitrogen and oxygen atoms in total. The van der Waals surface area contributed by atoms with Crippen LogP contribution in [0.3, 0.4) is 0 Å². The largest absolute Gasteiger partial charge is 0.347 e. The van der Waals surface area contributed by atoms with Crippen LogP contribution in [0.5, 0.6) is 0 Å². The van der Waals surface area contributed by atoms with Gasteiger partial charge in [-0.2, -0.15) is 0 Å². The van der Waals surface area contributed by atoms with Crippen molar-refractivity contribution in [3.8, 4) is 0 Å². The van der Waals surface area contributed by atoms with Gasteiger partial charge in [0.1, 0.15) is 0 Å². The molecule has 1 aromatic rings. The molecule has 0 fully saturated rings. The van der Waals surface area contributed by atoms with Crippen molar-refractivity contribution in [2.75, 3.05) is 32.1 Å². The van der Waals surface area contributed by atoms with Crippen molar-refractivity contribution < 1.29 is 9.18 Å². The molecule has 0 aliphatic carbocycles. The van der Waals surface area contributed by atoms with E-state index in [1.54, 1.807) is 19.0 Å². The summed E-state index contributed by atoms with van der Waals surface area (Å²) in [7, 11) is 3.34. The maximum atomic E-state index is 13.7. The Balaban J connectivity index is 2.90. The molecule has 0 aromatic carbocycles. The lowest BCUT2D eigenvalue weighted by atomic mass is 10.3. The first-order valence-corrected chi connectivity index (χ1v) is 6.01.